The molecule has 2 amide bonds. The Balaban J connectivity index is 0.00000242. The molecule has 0 aromatic heterocycles. The van der Waals surface area contributed by atoms with Crippen LogP contribution in [0.5, 0.6) is 0 Å². The maximum atomic E-state index is 13.9. The largest absolute Gasteiger partial charge is 0.338 e. The molecular weight excluding hydrogens is 309 g/mol. The number of nitrogens with one attached hydrogen (secondary N) is 1. The molecule has 3 N–H and O–H groups in total. The number of likely N-dealkylation sites (tertiary alicyclic amines) is 1. The number of nitrogens with zero attached hydrogens (tertiary/aromatic N) is 1. The van der Waals surface area contributed by atoms with Crippen molar-refractivity contribution < 1.29 is 14.0 Å². The molecule has 7 heteroatoms. The standard InChI is InChI=1S/C15H20FN3O2.ClH/c1-10(20)18-11-3-4-13(16)12(7-11)14(21)19-6-5-15(2,8-17)9-19;/h3-4,7H,5-6,8-9,17H2,1-2H3,(H,18,20);1H. The van der Waals surface area contributed by atoms with Crippen LogP contribution < -0.4 is 11.1 Å². The van der Waals surface area contributed by atoms with E-state index < -0.39 is 5.82 Å². The molecule has 1 atom stereocenters. The number of hydrogen-bond donors (Lipinski definition) is 2. The molecule has 0 spiro atoms. The van der Waals surface area contributed by atoms with Crippen LogP contribution >= 0.6 is 12.4 Å². The first kappa shape index (κ1) is 18.4. The first-order valence-corrected chi connectivity index (χ1v) is 6.91. The normalized spacial score (nSPS) is 20.5. The summed E-state index contributed by atoms with van der Waals surface area (Å²) in [5.74, 6) is -1.22. The number of hydrogen-bond acceptors (Lipinski definition) is 3. The second-order valence-corrected chi connectivity index (χ2v) is 5.87. The quantitative estimate of drug-likeness (QED) is 0.890. The smallest absolute Gasteiger partial charge is 0.256 e. The number of anilines is 1. The third-order valence-corrected chi connectivity index (χ3v) is 3.86. The van der Waals surface area contributed by atoms with Crippen molar-refractivity contribution in [2.24, 2.45) is 11.1 Å². The lowest BCUT2D eigenvalue weighted by Crippen LogP contribution is -2.34. The molecule has 0 radical (unpaired) electrons. The van der Waals surface area contributed by atoms with E-state index in [-0.39, 0.29) is 35.2 Å². The van der Waals surface area contributed by atoms with Gasteiger partial charge in [0.2, 0.25) is 5.91 Å². The van der Waals surface area contributed by atoms with Gasteiger partial charge in [-0.25, -0.2) is 4.39 Å². The number of rotatable bonds is 3. The van der Waals surface area contributed by atoms with E-state index >= 15 is 0 Å². The third kappa shape index (κ3) is 3.96. The Morgan fingerprint density at radius 3 is 2.68 bits per heavy atom. The molecule has 0 aliphatic carbocycles. The van der Waals surface area contributed by atoms with Crippen LogP contribution in [0.15, 0.2) is 18.2 Å². The van der Waals surface area contributed by atoms with Crippen LogP contribution in [0.3, 0.4) is 0 Å². The van der Waals surface area contributed by atoms with Crippen molar-refractivity contribution >= 4 is 29.9 Å². The van der Waals surface area contributed by atoms with E-state index in [1.165, 1.54) is 25.1 Å². The Bertz CT molecular complexity index is 582. The van der Waals surface area contributed by atoms with Crippen molar-refractivity contribution in [1.29, 1.82) is 0 Å². The summed E-state index contributed by atoms with van der Waals surface area (Å²) in [4.78, 5) is 25.1. The zero-order chi connectivity index (χ0) is 15.6. The minimum Gasteiger partial charge on any atom is -0.338 e. The SMILES string of the molecule is CC(=O)Nc1ccc(F)c(C(=O)N2CCC(C)(CN)C2)c1.Cl. The molecule has 1 unspecified atom stereocenters. The Morgan fingerprint density at radius 2 is 2.14 bits per heavy atom. The van der Waals surface area contributed by atoms with Gasteiger partial charge in [-0.1, -0.05) is 6.92 Å². The number of amides is 2. The molecule has 1 aliphatic rings. The van der Waals surface area contributed by atoms with Gasteiger partial charge in [0.15, 0.2) is 0 Å². The van der Waals surface area contributed by atoms with Crippen LogP contribution in [0, 0.1) is 11.2 Å². The van der Waals surface area contributed by atoms with Crippen molar-refractivity contribution in [3.05, 3.63) is 29.6 Å². The third-order valence-electron chi connectivity index (χ3n) is 3.86. The molecule has 1 heterocycles. The summed E-state index contributed by atoms with van der Waals surface area (Å²) in [5.41, 5.74) is 5.99. The molecule has 0 saturated carbocycles. The molecular formula is C15H21ClFN3O2. The van der Waals surface area contributed by atoms with E-state index in [2.05, 4.69) is 5.32 Å². The maximum absolute atomic E-state index is 13.9. The summed E-state index contributed by atoms with van der Waals surface area (Å²) in [6.45, 7) is 4.95. The van der Waals surface area contributed by atoms with Gasteiger partial charge < -0.3 is 16.0 Å². The van der Waals surface area contributed by atoms with Crippen LogP contribution in [0.2, 0.25) is 0 Å². The summed E-state index contributed by atoms with van der Waals surface area (Å²) >= 11 is 0. The van der Waals surface area contributed by atoms with E-state index in [1.54, 1.807) is 4.90 Å². The molecule has 5 nitrogen and oxygen atoms in total. The highest BCUT2D eigenvalue weighted by atomic mass is 35.5. The van der Waals surface area contributed by atoms with Gasteiger partial charge in [-0.3, -0.25) is 9.59 Å². The maximum Gasteiger partial charge on any atom is 0.256 e. The van der Waals surface area contributed by atoms with Gasteiger partial charge >= 0.3 is 0 Å². The van der Waals surface area contributed by atoms with Crippen molar-refractivity contribution in [2.75, 3.05) is 25.0 Å². The van der Waals surface area contributed by atoms with Crippen LogP contribution in [-0.2, 0) is 4.79 Å². The lowest BCUT2D eigenvalue weighted by Gasteiger charge is -2.22. The summed E-state index contributed by atoms with van der Waals surface area (Å²) in [5, 5.41) is 2.55. The van der Waals surface area contributed by atoms with Crippen LogP contribution in [-0.4, -0.2) is 36.3 Å². The van der Waals surface area contributed by atoms with Crippen LogP contribution in [0.4, 0.5) is 10.1 Å². The molecule has 1 fully saturated rings. The topological polar surface area (TPSA) is 75.4 Å². The summed E-state index contributed by atoms with van der Waals surface area (Å²) in [6.07, 6.45) is 0.808. The van der Waals surface area contributed by atoms with Gasteiger partial charge in [-0.15, -0.1) is 12.4 Å². The average molecular weight is 330 g/mol. The van der Waals surface area contributed by atoms with Gasteiger partial charge in [0.1, 0.15) is 5.82 Å². The zero-order valence-corrected chi connectivity index (χ0v) is 13.5. The number of halogens is 2. The van der Waals surface area contributed by atoms with Gasteiger partial charge in [0.25, 0.3) is 5.91 Å². The fraction of sp³-hybridized carbons (Fsp3) is 0.467. The fourth-order valence-electron chi connectivity index (χ4n) is 2.50. The van der Waals surface area contributed by atoms with E-state index in [0.717, 1.165) is 6.42 Å². The van der Waals surface area contributed by atoms with Crippen LogP contribution in [0.25, 0.3) is 0 Å². The summed E-state index contributed by atoms with van der Waals surface area (Å²) in [6, 6.07) is 4.00. The van der Waals surface area contributed by atoms with E-state index in [1.807, 2.05) is 6.92 Å². The van der Waals surface area contributed by atoms with Crippen LogP contribution in [0.1, 0.15) is 30.6 Å². The predicted octanol–water partition coefficient (Wildman–Crippen LogP) is 2.02. The lowest BCUT2D eigenvalue weighted by molar-refractivity contribution is -0.114. The number of benzene rings is 1. The number of carbonyl (C=O) groups excluding carboxylic acids is 2. The van der Waals surface area contributed by atoms with Crippen molar-refractivity contribution in [3.8, 4) is 0 Å². The van der Waals surface area contributed by atoms with Crippen molar-refractivity contribution in [2.45, 2.75) is 20.3 Å². The lowest BCUT2D eigenvalue weighted by atomic mass is 9.90. The van der Waals surface area contributed by atoms with Gasteiger partial charge in [-0.05, 0) is 36.6 Å². The molecule has 122 valence electrons. The second kappa shape index (κ2) is 7.07. The molecule has 1 aliphatic heterocycles. The highest BCUT2D eigenvalue weighted by Crippen LogP contribution is 2.30. The molecule has 2 rings (SSSR count). The average Bonchev–Trinajstić information content (AvgIpc) is 2.83. The fourth-order valence-corrected chi connectivity index (χ4v) is 2.50. The highest BCUT2D eigenvalue weighted by molar-refractivity contribution is 5.97. The van der Waals surface area contributed by atoms with Gasteiger partial charge in [-0.2, -0.15) is 0 Å². The second-order valence-electron chi connectivity index (χ2n) is 5.87. The molecule has 1 aromatic rings. The predicted molar refractivity (Wildman–Crippen MR) is 85.6 cm³/mol. The van der Waals surface area contributed by atoms with Gasteiger partial charge in [0.05, 0.1) is 5.56 Å². The Hall–Kier alpha value is -1.66. The van der Waals surface area contributed by atoms with Crippen molar-refractivity contribution in [3.63, 3.8) is 0 Å². The monoisotopic (exact) mass is 329 g/mol. The van der Waals surface area contributed by atoms with E-state index in [0.29, 0.717) is 25.3 Å². The van der Waals surface area contributed by atoms with E-state index in [4.69, 9.17) is 5.73 Å². The highest BCUT2D eigenvalue weighted by Gasteiger charge is 2.35. The Morgan fingerprint density at radius 1 is 1.45 bits per heavy atom. The number of carbonyl (C=O) groups is 2. The summed E-state index contributed by atoms with van der Waals surface area (Å²) in [7, 11) is 0. The minimum atomic E-state index is -0.588. The zero-order valence-electron chi connectivity index (χ0n) is 12.7. The number of nitrogens with two attached hydrogens (primary N) is 1. The molecule has 1 aromatic carbocycles. The first-order valence-electron chi connectivity index (χ1n) is 6.91. The molecule has 1 saturated heterocycles. The van der Waals surface area contributed by atoms with Gasteiger partial charge in [0, 0.05) is 25.7 Å². The molecule has 0 bridgehead atoms. The minimum absolute atomic E-state index is 0. The Kier molecular flexibility index (Phi) is 5.91. The Labute approximate surface area is 135 Å². The summed E-state index contributed by atoms with van der Waals surface area (Å²) < 4.78 is 13.9. The first-order chi connectivity index (χ1) is 9.84. The van der Waals surface area contributed by atoms with E-state index in [9.17, 15) is 14.0 Å². The molecule has 22 heavy (non-hydrogen) atoms. The van der Waals surface area contributed by atoms with Crippen molar-refractivity contribution in [1.82, 2.24) is 4.90 Å².